The quantitative estimate of drug-likeness (QED) is 0.717. The van der Waals surface area contributed by atoms with Gasteiger partial charge in [-0.3, -0.25) is 4.90 Å². The van der Waals surface area contributed by atoms with Gasteiger partial charge in [-0.15, -0.1) is 0 Å². The molecule has 0 bridgehead atoms. The Labute approximate surface area is 127 Å². The van der Waals surface area contributed by atoms with Crippen molar-refractivity contribution in [2.45, 2.75) is 25.4 Å². The van der Waals surface area contributed by atoms with E-state index in [1.807, 2.05) is 6.07 Å². The maximum Gasteiger partial charge on any atom is 0.488 e. The molecule has 1 aromatic rings. The highest BCUT2D eigenvalue weighted by atomic mass is 16.5. The van der Waals surface area contributed by atoms with E-state index < -0.39 is 7.12 Å². The molecule has 0 spiro atoms. The molecule has 1 atom stereocenters. The summed E-state index contributed by atoms with van der Waals surface area (Å²) < 4.78 is 5.41. The van der Waals surface area contributed by atoms with Gasteiger partial charge in [-0.1, -0.05) is 12.1 Å². The van der Waals surface area contributed by atoms with Crippen molar-refractivity contribution in [3.05, 3.63) is 23.8 Å². The van der Waals surface area contributed by atoms with Crippen molar-refractivity contribution in [2.75, 3.05) is 34.3 Å². The predicted molar refractivity (Wildman–Crippen MR) is 84.8 cm³/mol. The van der Waals surface area contributed by atoms with E-state index >= 15 is 0 Å². The van der Waals surface area contributed by atoms with Crippen LogP contribution in [0.5, 0.6) is 5.75 Å². The van der Waals surface area contributed by atoms with Gasteiger partial charge < -0.3 is 19.7 Å². The van der Waals surface area contributed by atoms with Gasteiger partial charge in [-0.2, -0.15) is 0 Å². The molecule has 1 aromatic carbocycles. The van der Waals surface area contributed by atoms with Crippen LogP contribution in [-0.4, -0.2) is 67.3 Å². The minimum atomic E-state index is -1.44. The minimum absolute atomic E-state index is 0.508. The summed E-state index contributed by atoms with van der Waals surface area (Å²) in [5, 5.41) is 18.7. The van der Waals surface area contributed by atoms with Crippen molar-refractivity contribution in [3.63, 3.8) is 0 Å². The van der Waals surface area contributed by atoms with Crippen molar-refractivity contribution in [2.24, 2.45) is 0 Å². The van der Waals surface area contributed by atoms with E-state index in [1.165, 1.54) is 12.8 Å². The van der Waals surface area contributed by atoms with Crippen LogP contribution < -0.4 is 10.2 Å². The van der Waals surface area contributed by atoms with E-state index in [1.54, 1.807) is 19.2 Å². The molecule has 0 aromatic heterocycles. The van der Waals surface area contributed by atoms with Gasteiger partial charge in [0.15, 0.2) is 0 Å². The molecule has 1 saturated heterocycles. The number of likely N-dealkylation sites (tertiary alicyclic amines) is 1. The predicted octanol–water partition coefficient (Wildman–Crippen LogP) is -0.0990. The van der Waals surface area contributed by atoms with Crippen molar-refractivity contribution in [1.82, 2.24) is 9.80 Å². The first-order valence-electron chi connectivity index (χ1n) is 7.43. The second kappa shape index (κ2) is 7.27. The molecule has 1 fully saturated rings. The summed E-state index contributed by atoms with van der Waals surface area (Å²) in [5.41, 5.74) is 1.52. The van der Waals surface area contributed by atoms with Crippen molar-refractivity contribution in [1.29, 1.82) is 0 Å². The normalized spacial score (nSPS) is 19.2. The Morgan fingerprint density at radius 3 is 2.76 bits per heavy atom. The third kappa shape index (κ3) is 4.20. The van der Waals surface area contributed by atoms with E-state index in [0.29, 0.717) is 11.5 Å². The third-order valence-electron chi connectivity index (χ3n) is 4.05. The van der Waals surface area contributed by atoms with Crippen LogP contribution >= 0.6 is 0 Å². The Hall–Kier alpha value is -1.08. The molecule has 1 aliphatic rings. The molecule has 1 heterocycles. The molecule has 0 aliphatic carbocycles. The molecule has 1 aliphatic heterocycles. The van der Waals surface area contributed by atoms with Crippen LogP contribution in [0.4, 0.5) is 0 Å². The summed E-state index contributed by atoms with van der Waals surface area (Å²) in [4.78, 5) is 4.67. The van der Waals surface area contributed by atoms with Gasteiger partial charge in [-0.25, -0.2) is 0 Å². The van der Waals surface area contributed by atoms with E-state index in [-0.39, 0.29) is 0 Å². The van der Waals surface area contributed by atoms with E-state index in [4.69, 9.17) is 4.74 Å². The minimum Gasteiger partial charge on any atom is -0.496 e. The number of likely N-dealkylation sites (N-methyl/N-ethyl adjacent to an activating group) is 1. The Kier molecular flexibility index (Phi) is 5.64. The van der Waals surface area contributed by atoms with Gasteiger partial charge in [0.1, 0.15) is 5.75 Å². The second-order valence-electron chi connectivity index (χ2n) is 5.97. The third-order valence-corrected chi connectivity index (χ3v) is 4.05. The van der Waals surface area contributed by atoms with Crippen LogP contribution in [0.1, 0.15) is 18.4 Å². The first kappa shape index (κ1) is 16.3. The van der Waals surface area contributed by atoms with E-state index in [9.17, 15) is 10.0 Å². The van der Waals surface area contributed by atoms with Gasteiger partial charge in [-0.05, 0) is 45.0 Å². The largest absolute Gasteiger partial charge is 0.496 e. The maximum absolute atomic E-state index is 9.34. The fourth-order valence-electron chi connectivity index (χ4n) is 3.03. The average molecular weight is 292 g/mol. The molecule has 0 amide bonds. The molecule has 2 rings (SSSR count). The Morgan fingerprint density at radius 1 is 1.38 bits per heavy atom. The van der Waals surface area contributed by atoms with Crippen molar-refractivity contribution < 1.29 is 14.8 Å². The highest BCUT2D eigenvalue weighted by molar-refractivity contribution is 6.58. The first-order chi connectivity index (χ1) is 10.0. The average Bonchev–Trinajstić information content (AvgIpc) is 2.85. The number of methoxy groups -OCH3 is 1. The Bertz CT molecular complexity index is 468. The summed E-state index contributed by atoms with van der Waals surface area (Å²) in [6.45, 7) is 2.90. The molecule has 2 N–H and O–H groups in total. The van der Waals surface area contributed by atoms with Gasteiger partial charge in [0, 0.05) is 24.7 Å². The monoisotopic (exact) mass is 292 g/mol. The molecule has 1 unspecified atom stereocenters. The molecular weight excluding hydrogens is 267 g/mol. The number of hydrogen-bond donors (Lipinski definition) is 2. The summed E-state index contributed by atoms with van der Waals surface area (Å²) >= 11 is 0. The lowest BCUT2D eigenvalue weighted by Crippen LogP contribution is -2.37. The zero-order chi connectivity index (χ0) is 15.4. The standard InChI is InChI=1S/C15H25BN2O3/c1-17(2)11-14-5-4-8-18(14)10-12-9-13(16(19)20)6-7-15(12)21-3/h6-7,9,14,19-20H,4-5,8,10-11H2,1-3H3. The second-order valence-corrected chi connectivity index (χ2v) is 5.97. The molecule has 116 valence electrons. The molecule has 6 heteroatoms. The zero-order valence-corrected chi connectivity index (χ0v) is 13.1. The van der Waals surface area contributed by atoms with Gasteiger partial charge >= 0.3 is 7.12 Å². The van der Waals surface area contributed by atoms with Crippen LogP contribution in [0.15, 0.2) is 18.2 Å². The zero-order valence-electron chi connectivity index (χ0n) is 13.1. The lowest BCUT2D eigenvalue weighted by Gasteiger charge is -2.27. The van der Waals surface area contributed by atoms with Crippen LogP contribution in [0, 0.1) is 0 Å². The molecule has 21 heavy (non-hydrogen) atoms. The van der Waals surface area contributed by atoms with Crippen LogP contribution in [-0.2, 0) is 6.54 Å². The molecule has 5 nitrogen and oxygen atoms in total. The number of rotatable bonds is 6. The SMILES string of the molecule is COc1ccc(B(O)O)cc1CN1CCCC1CN(C)C. The fraction of sp³-hybridized carbons (Fsp3) is 0.600. The summed E-state index contributed by atoms with van der Waals surface area (Å²) in [6, 6.07) is 5.87. The Balaban J connectivity index is 2.15. The number of nitrogens with zero attached hydrogens (tertiary/aromatic N) is 2. The van der Waals surface area contributed by atoms with Gasteiger partial charge in [0.2, 0.25) is 0 Å². The van der Waals surface area contributed by atoms with Crippen LogP contribution in [0.25, 0.3) is 0 Å². The Morgan fingerprint density at radius 2 is 2.14 bits per heavy atom. The van der Waals surface area contributed by atoms with Crippen molar-refractivity contribution in [3.8, 4) is 5.75 Å². The van der Waals surface area contributed by atoms with E-state index in [0.717, 1.165) is 30.9 Å². The van der Waals surface area contributed by atoms with Gasteiger partial charge in [0.05, 0.1) is 7.11 Å². The van der Waals surface area contributed by atoms with Crippen LogP contribution in [0.2, 0.25) is 0 Å². The highest BCUT2D eigenvalue weighted by Gasteiger charge is 2.26. The lowest BCUT2D eigenvalue weighted by molar-refractivity contribution is 0.199. The summed E-state index contributed by atoms with van der Waals surface area (Å²) in [5.74, 6) is 0.801. The lowest BCUT2D eigenvalue weighted by atomic mass is 9.79. The maximum atomic E-state index is 9.34. The number of hydrogen-bond acceptors (Lipinski definition) is 5. The van der Waals surface area contributed by atoms with E-state index in [2.05, 4.69) is 23.9 Å². The topological polar surface area (TPSA) is 56.2 Å². The fourth-order valence-corrected chi connectivity index (χ4v) is 3.03. The number of benzene rings is 1. The molecular formula is C15H25BN2O3. The number of ether oxygens (including phenoxy) is 1. The van der Waals surface area contributed by atoms with Crippen molar-refractivity contribution >= 4 is 12.6 Å². The summed E-state index contributed by atoms with van der Waals surface area (Å²) in [6.07, 6.45) is 2.42. The highest BCUT2D eigenvalue weighted by Crippen LogP contribution is 2.24. The first-order valence-corrected chi connectivity index (χ1v) is 7.43. The van der Waals surface area contributed by atoms with Gasteiger partial charge in [0.25, 0.3) is 0 Å². The smallest absolute Gasteiger partial charge is 0.488 e. The van der Waals surface area contributed by atoms with Crippen LogP contribution in [0.3, 0.4) is 0 Å². The summed E-state index contributed by atoms with van der Waals surface area (Å²) in [7, 11) is 4.40. The molecule has 0 radical (unpaired) electrons. The molecule has 0 saturated carbocycles.